The Hall–Kier alpha value is -2.69. The summed E-state index contributed by atoms with van der Waals surface area (Å²) in [6.07, 6.45) is 0.123. The van der Waals surface area contributed by atoms with E-state index in [0.29, 0.717) is 11.1 Å². The molecule has 2 rings (SSSR count). The van der Waals surface area contributed by atoms with E-state index in [9.17, 15) is 14.0 Å². The van der Waals surface area contributed by atoms with Crippen molar-refractivity contribution in [2.75, 3.05) is 0 Å². The summed E-state index contributed by atoms with van der Waals surface area (Å²) in [5.41, 5.74) is 2.13. The Morgan fingerprint density at radius 1 is 1.12 bits per heavy atom. The Morgan fingerprint density at radius 3 is 2.46 bits per heavy atom. The average Bonchev–Trinajstić information content (AvgIpc) is 2.56. The van der Waals surface area contributed by atoms with Crippen LogP contribution in [0.1, 0.15) is 36.1 Å². The lowest BCUT2D eigenvalue weighted by atomic mass is 10.0. The zero-order chi connectivity index (χ0) is 17.5. The van der Waals surface area contributed by atoms with E-state index in [1.165, 1.54) is 13.0 Å². The summed E-state index contributed by atoms with van der Waals surface area (Å²) >= 11 is 0. The van der Waals surface area contributed by atoms with Crippen molar-refractivity contribution in [1.82, 2.24) is 10.6 Å². The van der Waals surface area contributed by atoms with Crippen LogP contribution in [0.25, 0.3) is 0 Å². The van der Waals surface area contributed by atoms with Crippen LogP contribution < -0.4 is 10.6 Å². The molecule has 0 heterocycles. The lowest BCUT2D eigenvalue weighted by Crippen LogP contribution is -2.32. The third-order valence-corrected chi connectivity index (χ3v) is 3.69. The Labute approximate surface area is 141 Å². The Balaban J connectivity index is 1.97. The molecule has 0 aliphatic carbocycles. The predicted molar refractivity (Wildman–Crippen MR) is 90.6 cm³/mol. The van der Waals surface area contributed by atoms with E-state index in [2.05, 4.69) is 10.6 Å². The average molecular weight is 328 g/mol. The van der Waals surface area contributed by atoms with E-state index < -0.39 is 6.04 Å². The molecule has 2 amide bonds. The molecule has 1 atom stereocenters. The van der Waals surface area contributed by atoms with E-state index >= 15 is 0 Å². The Kier molecular flexibility index (Phi) is 6.07. The van der Waals surface area contributed by atoms with E-state index in [4.69, 9.17) is 0 Å². The third kappa shape index (κ3) is 5.19. The van der Waals surface area contributed by atoms with Crippen molar-refractivity contribution in [3.8, 4) is 0 Å². The third-order valence-electron chi connectivity index (χ3n) is 3.69. The van der Waals surface area contributed by atoms with Gasteiger partial charge in [0.1, 0.15) is 5.82 Å². The molecular formula is C19H21FN2O2. The van der Waals surface area contributed by atoms with Crippen molar-refractivity contribution >= 4 is 11.8 Å². The highest BCUT2D eigenvalue weighted by Crippen LogP contribution is 2.16. The standard InChI is InChI=1S/C19H21FN2O2/c1-13-8-9-15(10-17(13)20)12-21-19(24)11-18(22-14(2)23)16-6-4-3-5-7-16/h3-10,18H,11-12H2,1-2H3,(H,21,24)(H,22,23)/t18-/m1/s1. The fraction of sp³-hybridized carbons (Fsp3) is 0.263. The van der Waals surface area contributed by atoms with Gasteiger partial charge >= 0.3 is 0 Å². The van der Waals surface area contributed by atoms with Gasteiger partial charge in [0.2, 0.25) is 11.8 Å². The Morgan fingerprint density at radius 2 is 1.83 bits per heavy atom. The highest BCUT2D eigenvalue weighted by Gasteiger charge is 2.16. The number of carbonyl (C=O) groups excluding carboxylic acids is 2. The Bertz CT molecular complexity index is 717. The first-order valence-corrected chi connectivity index (χ1v) is 7.79. The molecule has 0 saturated carbocycles. The first-order chi connectivity index (χ1) is 11.5. The van der Waals surface area contributed by atoms with Gasteiger partial charge in [-0.25, -0.2) is 4.39 Å². The topological polar surface area (TPSA) is 58.2 Å². The van der Waals surface area contributed by atoms with Crippen LogP contribution in [0.5, 0.6) is 0 Å². The number of aryl methyl sites for hydroxylation is 1. The molecule has 0 fully saturated rings. The molecule has 0 aliphatic rings. The first-order valence-electron chi connectivity index (χ1n) is 7.79. The van der Waals surface area contributed by atoms with Gasteiger partial charge in [0, 0.05) is 13.5 Å². The zero-order valence-corrected chi connectivity index (χ0v) is 13.8. The van der Waals surface area contributed by atoms with Crippen LogP contribution in [0, 0.1) is 12.7 Å². The van der Waals surface area contributed by atoms with Crippen molar-refractivity contribution in [1.29, 1.82) is 0 Å². The minimum absolute atomic E-state index is 0.123. The molecule has 0 saturated heterocycles. The van der Waals surface area contributed by atoms with Gasteiger partial charge in [0.25, 0.3) is 0 Å². The fourth-order valence-electron chi connectivity index (χ4n) is 2.39. The number of amides is 2. The molecule has 4 nitrogen and oxygen atoms in total. The van der Waals surface area contributed by atoms with E-state index in [1.54, 1.807) is 19.1 Å². The molecule has 126 valence electrons. The number of hydrogen-bond donors (Lipinski definition) is 2. The van der Waals surface area contributed by atoms with Crippen LogP contribution in [-0.4, -0.2) is 11.8 Å². The number of nitrogens with one attached hydrogen (secondary N) is 2. The lowest BCUT2D eigenvalue weighted by molar-refractivity contribution is -0.122. The number of rotatable bonds is 6. The monoisotopic (exact) mass is 328 g/mol. The van der Waals surface area contributed by atoms with Crippen LogP contribution in [0.4, 0.5) is 4.39 Å². The quantitative estimate of drug-likeness (QED) is 0.856. The van der Waals surface area contributed by atoms with Gasteiger partial charge in [-0.05, 0) is 29.7 Å². The van der Waals surface area contributed by atoms with Gasteiger partial charge < -0.3 is 10.6 Å². The van der Waals surface area contributed by atoms with Gasteiger partial charge in [-0.1, -0.05) is 42.5 Å². The molecule has 0 unspecified atom stereocenters. The highest BCUT2D eigenvalue weighted by atomic mass is 19.1. The predicted octanol–water partition coefficient (Wildman–Crippen LogP) is 3.02. The molecule has 2 aromatic carbocycles. The summed E-state index contributed by atoms with van der Waals surface area (Å²) in [6, 6.07) is 13.8. The van der Waals surface area contributed by atoms with Gasteiger partial charge in [0.05, 0.1) is 12.5 Å². The highest BCUT2D eigenvalue weighted by molar-refractivity contribution is 5.79. The molecule has 24 heavy (non-hydrogen) atoms. The molecule has 0 aliphatic heterocycles. The van der Waals surface area contributed by atoms with E-state index in [1.807, 2.05) is 30.3 Å². The van der Waals surface area contributed by atoms with Crippen LogP contribution in [0.2, 0.25) is 0 Å². The summed E-state index contributed by atoms with van der Waals surface area (Å²) < 4.78 is 13.5. The summed E-state index contributed by atoms with van der Waals surface area (Å²) in [7, 11) is 0. The number of hydrogen-bond acceptors (Lipinski definition) is 2. The van der Waals surface area contributed by atoms with Crippen LogP contribution >= 0.6 is 0 Å². The van der Waals surface area contributed by atoms with E-state index in [0.717, 1.165) is 5.56 Å². The maximum Gasteiger partial charge on any atom is 0.222 e. The molecule has 0 bridgehead atoms. The zero-order valence-electron chi connectivity index (χ0n) is 13.8. The normalized spacial score (nSPS) is 11.6. The molecule has 2 aromatic rings. The molecule has 5 heteroatoms. The largest absolute Gasteiger partial charge is 0.352 e. The minimum Gasteiger partial charge on any atom is -0.352 e. The molecule has 2 N–H and O–H groups in total. The van der Waals surface area contributed by atoms with Crippen molar-refractivity contribution in [2.45, 2.75) is 32.9 Å². The summed E-state index contributed by atoms with van der Waals surface area (Å²) in [5.74, 6) is -0.696. The number of carbonyl (C=O) groups is 2. The van der Waals surface area contributed by atoms with Crippen molar-refractivity contribution in [2.24, 2.45) is 0 Å². The van der Waals surface area contributed by atoms with Crippen molar-refractivity contribution in [3.05, 3.63) is 71.0 Å². The SMILES string of the molecule is CC(=O)N[C@H](CC(=O)NCc1ccc(C)c(F)c1)c1ccccc1. The van der Waals surface area contributed by atoms with Crippen LogP contribution in [0.15, 0.2) is 48.5 Å². The summed E-state index contributed by atoms with van der Waals surface area (Å²) in [4.78, 5) is 23.6. The number of benzene rings is 2. The lowest BCUT2D eigenvalue weighted by Gasteiger charge is -2.18. The second-order valence-electron chi connectivity index (χ2n) is 5.73. The van der Waals surface area contributed by atoms with Gasteiger partial charge in [-0.3, -0.25) is 9.59 Å². The van der Waals surface area contributed by atoms with E-state index in [-0.39, 0.29) is 30.6 Å². The maximum absolute atomic E-state index is 13.5. The second kappa shape index (κ2) is 8.24. The van der Waals surface area contributed by atoms with Gasteiger partial charge in [0.15, 0.2) is 0 Å². The van der Waals surface area contributed by atoms with Crippen molar-refractivity contribution in [3.63, 3.8) is 0 Å². The van der Waals surface area contributed by atoms with Crippen LogP contribution in [-0.2, 0) is 16.1 Å². The van der Waals surface area contributed by atoms with Crippen molar-refractivity contribution < 1.29 is 14.0 Å². The number of halogens is 1. The second-order valence-corrected chi connectivity index (χ2v) is 5.73. The smallest absolute Gasteiger partial charge is 0.222 e. The molecular weight excluding hydrogens is 307 g/mol. The van der Waals surface area contributed by atoms with Crippen LogP contribution in [0.3, 0.4) is 0 Å². The molecule has 0 aromatic heterocycles. The van der Waals surface area contributed by atoms with Gasteiger partial charge in [-0.2, -0.15) is 0 Å². The molecule has 0 spiro atoms. The fourth-order valence-corrected chi connectivity index (χ4v) is 2.39. The maximum atomic E-state index is 13.5. The summed E-state index contributed by atoms with van der Waals surface area (Å²) in [5, 5.41) is 5.54. The summed E-state index contributed by atoms with van der Waals surface area (Å²) in [6.45, 7) is 3.36. The van der Waals surface area contributed by atoms with Gasteiger partial charge in [-0.15, -0.1) is 0 Å². The first kappa shape index (κ1) is 17.7. The minimum atomic E-state index is -0.390. The molecule has 0 radical (unpaired) electrons.